The van der Waals surface area contributed by atoms with Gasteiger partial charge in [-0.15, -0.1) is 0 Å². The standard InChI is InChI=1S/C7H14N.Hg/c1-8-7-5-3-2-4-6-7;/h7H,2-6H2,1H3;/q-1;+1. The summed E-state index contributed by atoms with van der Waals surface area (Å²) in [6.07, 6.45) is 7.39. The summed E-state index contributed by atoms with van der Waals surface area (Å²) in [4.78, 5) is 0. The molecule has 1 rings (SSSR count). The molecule has 1 aliphatic rings. The molecule has 1 nitrogen and oxygen atoms in total. The Morgan fingerprint density at radius 1 is 1.22 bits per heavy atom. The summed E-state index contributed by atoms with van der Waals surface area (Å²) in [6, 6.07) is 0.974. The molecule has 1 saturated carbocycles. The van der Waals surface area contributed by atoms with Crippen LogP contribution in [0.25, 0.3) is 0 Å². The van der Waals surface area contributed by atoms with Crippen LogP contribution in [-0.2, 0) is 26.4 Å². The van der Waals surface area contributed by atoms with E-state index in [4.69, 9.17) is 0 Å². The van der Waals surface area contributed by atoms with Gasteiger partial charge in [0.25, 0.3) is 0 Å². The van der Waals surface area contributed by atoms with Crippen molar-refractivity contribution in [3.8, 4) is 0 Å². The monoisotopic (exact) mass is 314 g/mol. The van der Waals surface area contributed by atoms with Crippen LogP contribution in [-0.4, -0.2) is 15.8 Å². The second kappa shape index (κ2) is 3.92. The fraction of sp³-hybridized carbons (Fsp3) is 1.00. The second-order valence-electron chi connectivity index (χ2n) is 3.05. The Morgan fingerprint density at radius 2 is 1.78 bits per heavy atom. The summed E-state index contributed by atoms with van der Waals surface area (Å²) in [5, 5.41) is 0. The van der Waals surface area contributed by atoms with Crippen molar-refractivity contribution in [1.82, 2.24) is 2.66 Å². The molecule has 0 heterocycles. The Labute approximate surface area is 74.2 Å². The average molecular weight is 313 g/mol. The van der Waals surface area contributed by atoms with Crippen molar-refractivity contribution in [2.24, 2.45) is 0 Å². The summed E-state index contributed by atoms with van der Waals surface area (Å²) in [7, 11) is 2.28. The topological polar surface area (TPSA) is 3.24 Å². The molecule has 0 aliphatic heterocycles. The Morgan fingerprint density at radius 3 is 2.11 bits per heavy atom. The first-order chi connectivity index (χ1) is 4.30. The minimum absolute atomic E-state index is 0.864. The molecule has 1 aliphatic carbocycles. The molecular weight excluding hydrogens is 299 g/mol. The van der Waals surface area contributed by atoms with E-state index >= 15 is 0 Å². The van der Waals surface area contributed by atoms with Crippen molar-refractivity contribution < 1.29 is 26.4 Å². The van der Waals surface area contributed by atoms with E-state index in [-0.39, 0.29) is 0 Å². The Kier molecular flexibility index (Phi) is 3.48. The van der Waals surface area contributed by atoms with E-state index in [1.165, 1.54) is 32.1 Å². The van der Waals surface area contributed by atoms with Crippen LogP contribution < -0.4 is 0 Å². The predicted molar refractivity (Wildman–Crippen MR) is 34.6 cm³/mol. The van der Waals surface area contributed by atoms with Crippen molar-refractivity contribution in [3.05, 3.63) is 0 Å². The zero-order valence-corrected chi connectivity index (χ0v) is 11.8. The van der Waals surface area contributed by atoms with E-state index in [1.54, 1.807) is 0 Å². The van der Waals surface area contributed by atoms with Gasteiger partial charge >= 0.3 is 74.3 Å². The molecule has 0 N–H and O–H groups in total. The van der Waals surface area contributed by atoms with Crippen LogP contribution in [0.5, 0.6) is 0 Å². The van der Waals surface area contributed by atoms with Crippen molar-refractivity contribution in [3.63, 3.8) is 0 Å². The van der Waals surface area contributed by atoms with Crippen molar-refractivity contribution in [2.45, 2.75) is 38.1 Å². The van der Waals surface area contributed by atoms with Crippen LogP contribution in [0.2, 0.25) is 0 Å². The molecular formula is C7H14HgN. The SMILES string of the molecule is C[N]([Hg])C1CCCCC1. The molecule has 0 radical (unpaired) electrons. The maximum absolute atomic E-state index is 2.55. The molecule has 9 heavy (non-hydrogen) atoms. The van der Waals surface area contributed by atoms with Gasteiger partial charge in [0.05, 0.1) is 0 Å². The summed E-state index contributed by atoms with van der Waals surface area (Å²) < 4.78 is 2.55. The van der Waals surface area contributed by atoms with Crippen LogP contribution in [0.15, 0.2) is 0 Å². The molecule has 0 aromatic rings. The van der Waals surface area contributed by atoms with Crippen LogP contribution in [0, 0.1) is 0 Å². The molecule has 49 valence electrons. The summed E-state index contributed by atoms with van der Waals surface area (Å²) in [5.41, 5.74) is 0. The third kappa shape index (κ3) is 2.54. The quantitative estimate of drug-likeness (QED) is 0.666. The summed E-state index contributed by atoms with van der Waals surface area (Å²) in [5.74, 6) is 0. The first kappa shape index (κ1) is 8.00. The molecule has 0 saturated heterocycles. The normalized spacial score (nSPS) is 23.1. The Hall–Kier alpha value is 0.895. The summed E-state index contributed by atoms with van der Waals surface area (Å²) in [6.45, 7) is 0. The Bertz CT molecular complexity index is 77.0. The van der Waals surface area contributed by atoms with Gasteiger partial charge in [-0.1, -0.05) is 0 Å². The van der Waals surface area contributed by atoms with Crippen LogP contribution in [0.3, 0.4) is 0 Å². The van der Waals surface area contributed by atoms with E-state index in [1.807, 2.05) is 0 Å². The van der Waals surface area contributed by atoms with Gasteiger partial charge in [-0.05, 0) is 0 Å². The van der Waals surface area contributed by atoms with Gasteiger partial charge in [0.15, 0.2) is 0 Å². The molecule has 0 spiro atoms. The van der Waals surface area contributed by atoms with Gasteiger partial charge in [0, 0.05) is 0 Å². The number of hydrogen-bond donors (Lipinski definition) is 0. The second-order valence-corrected chi connectivity index (χ2v) is 6.93. The zero-order chi connectivity index (χ0) is 6.69. The van der Waals surface area contributed by atoms with Crippen LogP contribution in [0.4, 0.5) is 0 Å². The molecule has 0 atom stereocenters. The van der Waals surface area contributed by atoms with E-state index < -0.39 is 0 Å². The fourth-order valence-electron chi connectivity index (χ4n) is 1.52. The molecule has 1 fully saturated rings. The third-order valence-corrected chi connectivity index (χ3v) is 4.21. The number of hydrogen-bond acceptors (Lipinski definition) is 1. The van der Waals surface area contributed by atoms with Crippen LogP contribution >= 0.6 is 0 Å². The first-order valence-corrected chi connectivity index (χ1v) is 6.30. The molecule has 0 aromatic carbocycles. The molecule has 0 amide bonds. The van der Waals surface area contributed by atoms with E-state index in [2.05, 4.69) is 9.71 Å². The molecule has 0 bridgehead atoms. The van der Waals surface area contributed by atoms with E-state index in [0.717, 1.165) is 32.5 Å². The van der Waals surface area contributed by atoms with Crippen molar-refractivity contribution in [1.29, 1.82) is 0 Å². The van der Waals surface area contributed by atoms with Gasteiger partial charge in [-0.3, -0.25) is 0 Å². The molecule has 0 aromatic heterocycles. The number of rotatable bonds is 1. The zero-order valence-electron chi connectivity index (χ0n) is 6.27. The van der Waals surface area contributed by atoms with Gasteiger partial charge in [-0.2, -0.15) is 0 Å². The predicted octanol–water partition coefficient (Wildman–Crippen LogP) is 1.71. The van der Waals surface area contributed by atoms with Gasteiger partial charge in [-0.25, -0.2) is 0 Å². The van der Waals surface area contributed by atoms with Gasteiger partial charge < -0.3 is 0 Å². The Balaban J connectivity index is 2.23. The molecule has 0 unspecified atom stereocenters. The molecule has 2 heteroatoms. The van der Waals surface area contributed by atoms with Gasteiger partial charge in [0.1, 0.15) is 0 Å². The average Bonchev–Trinajstić information content (AvgIpc) is 1.90. The minimum atomic E-state index is 0.864. The first-order valence-electron chi connectivity index (χ1n) is 3.84. The third-order valence-electron chi connectivity index (χ3n) is 2.20. The summed E-state index contributed by atoms with van der Waals surface area (Å²) >= 11 is 0.864. The maximum atomic E-state index is 2.55. The van der Waals surface area contributed by atoms with Crippen LogP contribution in [0.1, 0.15) is 32.1 Å². The van der Waals surface area contributed by atoms with Gasteiger partial charge in [0.2, 0.25) is 0 Å². The van der Waals surface area contributed by atoms with E-state index in [9.17, 15) is 0 Å². The van der Waals surface area contributed by atoms with Crippen molar-refractivity contribution >= 4 is 0 Å². The van der Waals surface area contributed by atoms with Crippen molar-refractivity contribution in [2.75, 3.05) is 7.05 Å². The van der Waals surface area contributed by atoms with E-state index in [0.29, 0.717) is 0 Å². The number of nitrogens with zero attached hydrogens (tertiary/aromatic N) is 1. The fourth-order valence-corrected chi connectivity index (χ4v) is 2.94.